The Bertz CT molecular complexity index is 99.2. The van der Waals surface area contributed by atoms with Crippen LogP contribution in [0.5, 0.6) is 0 Å². The first-order chi connectivity index (χ1) is 2.00. The predicted molar refractivity (Wildman–Crippen MR) is 15.5 cm³/mol. The summed E-state index contributed by atoms with van der Waals surface area (Å²) < 4.78 is 34.1. The molecule has 0 heterocycles. The Morgan fingerprint density at radius 1 is 1.12 bits per heavy atom. The van der Waals surface area contributed by atoms with Crippen LogP contribution in [0.15, 0.2) is 0 Å². The fourth-order valence-corrected chi connectivity index (χ4v) is 0. The molecule has 0 aliphatic rings. The van der Waals surface area contributed by atoms with E-state index in [1.54, 1.807) is 0 Å². The molecule has 0 amide bonds. The molecule has 3 N–H and O–H groups in total. The first-order valence-electron chi connectivity index (χ1n) is 0.667. The van der Waals surface area contributed by atoms with Gasteiger partial charge in [-0.05, 0) is 0 Å². The van der Waals surface area contributed by atoms with Gasteiger partial charge in [0.2, 0.25) is 0 Å². The van der Waals surface area contributed by atoms with Crippen LogP contribution >= 0.6 is 0 Å². The minimum Gasteiger partial charge on any atom is -0.759 e. The Kier molecular flexibility index (Phi) is 26.5. The van der Waals surface area contributed by atoms with E-state index in [4.69, 9.17) is 17.5 Å². The molecule has 0 aromatic rings. The second kappa shape index (κ2) is 9.47. The van der Waals surface area contributed by atoms with Gasteiger partial charge in [-0.15, -0.1) is 0 Å². The summed E-state index contributed by atoms with van der Waals surface area (Å²) in [6.07, 6.45) is 0. The van der Waals surface area contributed by atoms with E-state index >= 15 is 0 Å². The molecule has 8 heteroatoms. The number of rotatable bonds is 0. The van der Waals surface area contributed by atoms with Gasteiger partial charge >= 0.3 is 80.9 Å². The van der Waals surface area contributed by atoms with E-state index in [0.717, 1.165) is 0 Å². The van der Waals surface area contributed by atoms with Gasteiger partial charge in [0.25, 0.3) is 0 Å². The maximum absolute atomic E-state index is 8.52. The van der Waals surface area contributed by atoms with Gasteiger partial charge in [-0.25, -0.2) is 0 Å². The molecule has 0 aromatic heterocycles. The van der Waals surface area contributed by atoms with Crippen molar-refractivity contribution in [2.45, 2.75) is 0 Å². The summed E-state index contributed by atoms with van der Waals surface area (Å²) in [4.78, 5) is 0. The van der Waals surface area contributed by atoms with Gasteiger partial charge in [-0.3, -0.25) is 8.42 Å². The van der Waals surface area contributed by atoms with Crippen LogP contribution in [-0.2, 0) is 10.4 Å². The van der Waals surface area contributed by atoms with Crippen molar-refractivity contribution in [3.63, 3.8) is 0 Å². The van der Waals surface area contributed by atoms with Crippen LogP contribution in [0.3, 0.4) is 0 Å². The van der Waals surface area contributed by atoms with E-state index in [1.165, 1.54) is 0 Å². The molecule has 5 nitrogen and oxygen atoms in total. The molecule has 0 saturated heterocycles. The molecule has 0 atom stereocenters. The summed E-state index contributed by atoms with van der Waals surface area (Å²) in [5.74, 6) is 0. The molecule has 0 unspecified atom stereocenters. The third-order valence-electron chi connectivity index (χ3n) is 0. The molecule has 0 aliphatic heterocycles. The normalized spacial score (nSPS) is 7.25. The van der Waals surface area contributed by atoms with Crippen LogP contribution in [0.1, 0.15) is 0 Å². The Morgan fingerprint density at radius 2 is 1.12 bits per heavy atom. The SMILES string of the molecule is N.O=S(=O)([O-])[O-].[K+].[Na+]. The molecular weight excluding hydrogens is 172 g/mol. The third kappa shape index (κ3) is 77.6. The van der Waals surface area contributed by atoms with Crippen molar-refractivity contribution in [2.24, 2.45) is 0 Å². The topological polar surface area (TPSA) is 115 Å². The Hall–Kier alpha value is 2.47. The largest absolute Gasteiger partial charge is 1.00 e. The number of hydrogen-bond donors (Lipinski definition) is 1. The summed E-state index contributed by atoms with van der Waals surface area (Å²) in [5, 5.41) is 0. The zero-order chi connectivity index (χ0) is 4.50. The van der Waals surface area contributed by atoms with E-state index < -0.39 is 10.4 Å². The average Bonchev–Trinajstić information content (AvgIpc) is 0.722. The van der Waals surface area contributed by atoms with Crippen LogP contribution in [0, 0.1) is 0 Å². The monoisotopic (exact) mass is 175 g/mol. The second-order valence-corrected chi connectivity index (χ2v) is 1.22. The van der Waals surface area contributed by atoms with Gasteiger partial charge < -0.3 is 15.3 Å². The van der Waals surface area contributed by atoms with E-state index in [-0.39, 0.29) is 87.1 Å². The van der Waals surface area contributed by atoms with Crippen molar-refractivity contribution >= 4 is 10.4 Å². The molecule has 0 fully saturated rings. The molecule has 0 saturated carbocycles. The van der Waals surface area contributed by atoms with Crippen LogP contribution in [-0.4, -0.2) is 17.5 Å². The summed E-state index contributed by atoms with van der Waals surface area (Å²) >= 11 is 0. The zero-order valence-corrected chi connectivity index (χ0v) is 10.7. The van der Waals surface area contributed by atoms with Gasteiger partial charge in [0.05, 0.1) is 0 Å². The predicted octanol–water partition coefficient (Wildman–Crippen LogP) is -7.17. The fraction of sp³-hybridized carbons (Fsp3) is 0. The molecule has 0 rings (SSSR count). The van der Waals surface area contributed by atoms with Crippen molar-refractivity contribution in [2.75, 3.05) is 0 Å². The van der Waals surface area contributed by atoms with Crippen molar-refractivity contribution in [3.05, 3.63) is 0 Å². The first-order valence-corrected chi connectivity index (χ1v) is 2.00. The van der Waals surface area contributed by atoms with Gasteiger partial charge in [0.1, 0.15) is 0 Å². The summed E-state index contributed by atoms with van der Waals surface area (Å²) in [5.41, 5.74) is 0. The summed E-state index contributed by atoms with van der Waals surface area (Å²) in [7, 11) is -5.17. The Labute approximate surface area is 112 Å². The minimum atomic E-state index is -5.17. The smallest absolute Gasteiger partial charge is 0.759 e. The second-order valence-electron chi connectivity index (χ2n) is 0.408. The van der Waals surface area contributed by atoms with Crippen LogP contribution in [0.25, 0.3) is 0 Å². The summed E-state index contributed by atoms with van der Waals surface area (Å²) in [6.45, 7) is 0. The van der Waals surface area contributed by atoms with E-state index in [0.29, 0.717) is 0 Å². The zero-order valence-electron chi connectivity index (χ0n) is 4.75. The third-order valence-corrected chi connectivity index (χ3v) is 0. The van der Waals surface area contributed by atoms with Crippen LogP contribution < -0.4 is 87.1 Å². The summed E-state index contributed by atoms with van der Waals surface area (Å²) in [6, 6.07) is 0. The number of hydrogen-bond acceptors (Lipinski definition) is 5. The Morgan fingerprint density at radius 3 is 1.12 bits per heavy atom. The quantitative estimate of drug-likeness (QED) is 0.223. The minimum absolute atomic E-state index is 0. The van der Waals surface area contributed by atoms with E-state index in [9.17, 15) is 0 Å². The first kappa shape index (κ1) is 22.4. The molecule has 0 aromatic carbocycles. The van der Waals surface area contributed by atoms with Crippen molar-refractivity contribution in [1.29, 1.82) is 0 Å². The molecule has 0 aliphatic carbocycles. The van der Waals surface area contributed by atoms with Crippen LogP contribution in [0.4, 0.5) is 0 Å². The standard InChI is InChI=1S/K.H3N.Na.H2O4S/c;;;1-5(2,3)4/h;1H3;;(H2,1,2,3,4)/q+1;;+1;/p-2. The maximum Gasteiger partial charge on any atom is 1.00 e. The van der Waals surface area contributed by atoms with Gasteiger partial charge in [0.15, 0.2) is 0 Å². The molecule has 0 spiro atoms. The van der Waals surface area contributed by atoms with Crippen LogP contribution in [0.2, 0.25) is 0 Å². The fourth-order valence-electron chi connectivity index (χ4n) is 0. The molecule has 0 radical (unpaired) electrons. The molecular formula is H3KNNaO4S. The van der Waals surface area contributed by atoms with Gasteiger partial charge in [-0.2, -0.15) is 0 Å². The van der Waals surface area contributed by atoms with Crippen molar-refractivity contribution in [1.82, 2.24) is 6.15 Å². The maximum atomic E-state index is 8.52. The molecule has 0 bridgehead atoms. The molecule has 40 valence electrons. The van der Waals surface area contributed by atoms with E-state index in [2.05, 4.69) is 0 Å². The van der Waals surface area contributed by atoms with Crippen molar-refractivity contribution in [3.8, 4) is 0 Å². The van der Waals surface area contributed by atoms with E-state index in [1.807, 2.05) is 0 Å². The molecule has 8 heavy (non-hydrogen) atoms. The van der Waals surface area contributed by atoms with Gasteiger partial charge in [0, 0.05) is 10.4 Å². The average molecular weight is 175 g/mol. The Balaban J connectivity index is -0.0000000267. The van der Waals surface area contributed by atoms with Gasteiger partial charge in [-0.1, -0.05) is 0 Å². The van der Waals surface area contributed by atoms with Crippen molar-refractivity contribution < 1.29 is 98.5 Å².